The van der Waals surface area contributed by atoms with Gasteiger partial charge < -0.3 is 19.7 Å². The molecule has 2 aromatic carbocycles. The lowest BCUT2D eigenvalue weighted by molar-refractivity contribution is -0.160. The van der Waals surface area contributed by atoms with E-state index in [1.165, 1.54) is 12.0 Å². The molecule has 35 heavy (non-hydrogen) atoms. The van der Waals surface area contributed by atoms with Gasteiger partial charge in [-0.05, 0) is 64.8 Å². The number of carbonyl (C=O) groups excluding carboxylic acids is 4. The lowest BCUT2D eigenvalue weighted by atomic mass is 9.79. The van der Waals surface area contributed by atoms with Crippen molar-refractivity contribution in [3.8, 4) is 5.75 Å². The van der Waals surface area contributed by atoms with Crippen LogP contribution >= 0.6 is 0 Å². The predicted octanol–water partition coefficient (Wildman–Crippen LogP) is 3.16. The number of methoxy groups -OCH3 is 1. The van der Waals surface area contributed by atoms with E-state index in [-0.39, 0.29) is 38.3 Å². The number of Topliss-reactive ketones (excluding diaryl/α,β-unsaturated/α-hetero) is 1. The van der Waals surface area contributed by atoms with Crippen LogP contribution in [0.15, 0.2) is 36.4 Å². The monoisotopic (exact) mass is 480 g/mol. The van der Waals surface area contributed by atoms with Crippen LogP contribution in [0.25, 0.3) is 0 Å². The third kappa shape index (κ3) is 5.53. The molecule has 0 atom stereocenters. The quantitative estimate of drug-likeness (QED) is 0.387. The molecule has 1 aliphatic rings. The largest absolute Gasteiger partial charge is 0.496 e. The van der Waals surface area contributed by atoms with E-state index in [1.807, 2.05) is 19.9 Å². The van der Waals surface area contributed by atoms with Crippen LogP contribution in [0.2, 0.25) is 0 Å². The number of nitrogens with zero attached hydrogens (tertiary/aromatic N) is 1. The molecule has 1 aliphatic heterocycles. The average molecular weight is 481 g/mol. The smallest absolute Gasteiger partial charge is 0.397 e. The molecule has 0 aromatic heterocycles. The van der Waals surface area contributed by atoms with Gasteiger partial charge in [0.1, 0.15) is 11.3 Å². The highest BCUT2D eigenvalue weighted by molar-refractivity contribution is 6.32. The molecule has 0 bridgehead atoms. The number of hydrogen-bond acceptors (Lipinski definition) is 6. The Labute approximate surface area is 205 Å². The summed E-state index contributed by atoms with van der Waals surface area (Å²) in [5.41, 5.74) is 2.20. The highest BCUT2D eigenvalue weighted by Crippen LogP contribution is 2.29. The van der Waals surface area contributed by atoms with E-state index in [9.17, 15) is 19.2 Å². The summed E-state index contributed by atoms with van der Waals surface area (Å²) in [5.74, 6) is -1.71. The fourth-order valence-corrected chi connectivity index (χ4v) is 4.57. The van der Waals surface area contributed by atoms with Crippen molar-refractivity contribution in [2.24, 2.45) is 0 Å². The zero-order valence-corrected chi connectivity index (χ0v) is 20.9. The van der Waals surface area contributed by atoms with Gasteiger partial charge in [-0.25, -0.2) is 4.79 Å². The fourth-order valence-electron chi connectivity index (χ4n) is 4.57. The van der Waals surface area contributed by atoms with E-state index < -0.39 is 23.3 Å². The van der Waals surface area contributed by atoms with Crippen LogP contribution in [0.5, 0.6) is 5.75 Å². The normalized spacial score (nSPS) is 14.7. The predicted molar refractivity (Wildman–Crippen MR) is 131 cm³/mol. The van der Waals surface area contributed by atoms with E-state index in [1.54, 1.807) is 44.2 Å². The van der Waals surface area contributed by atoms with E-state index in [2.05, 4.69) is 5.32 Å². The lowest BCUT2D eigenvalue weighted by Gasteiger charge is -2.41. The summed E-state index contributed by atoms with van der Waals surface area (Å²) in [6.45, 7) is 7.60. The number of rotatable bonds is 6. The minimum atomic E-state index is -1.24. The molecule has 1 saturated heterocycles. The first-order valence-corrected chi connectivity index (χ1v) is 11.7. The molecule has 0 spiro atoms. The minimum absolute atomic E-state index is 0.101. The zero-order chi connectivity index (χ0) is 25.8. The van der Waals surface area contributed by atoms with Crippen molar-refractivity contribution in [2.45, 2.75) is 46.1 Å². The van der Waals surface area contributed by atoms with Crippen molar-refractivity contribution in [1.82, 2.24) is 10.2 Å². The van der Waals surface area contributed by atoms with Crippen molar-refractivity contribution in [3.63, 3.8) is 0 Å². The number of benzene rings is 2. The molecule has 1 fully saturated rings. The highest BCUT2D eigenvalue weighted by Gasteiger charge is 2.45. The summed E-state index contributed by atoms with van der Waals surface area (Å²) in [7, 11) is 1.53. The number of piperidine rings is 1. The first kappa shape index (κ1) is 25.9. The number of aryl methyl sites for hydroxylation is 2. The summed E-state index contributed by atoms with van der Waals surface area (Å²) in [6.07, 6.45) is 0.331. The fraction of sp³-hybridized carbons (Fsp3) is 0.407. The third-order valence-electron chi connectivity index (χ3n) is 6.37. The van der Waals surface area contributed by atoms with Gasteiger partial charge in [0.25, 0.3) is 5.91 Å². The van der Waals surface area contributed by atoms with Crippen molar-refractivity contribution in [2.75, 3.05) is 26.8 Å². The molecule has 1 N–H and O–H groups in total. The van der Waals surface area contributed by atoms with E-state index in [4.69, 9.17) is 9.47 Å². The number of ketones is 1. The SMILES string of the molecule is CCOC(=O)C(=O)N1CCC(NC(=O)c2cccc(OC)c2C)(C(=O)c2cc(C)cc(C)c2)CC1. The standard InChI is InChI=1S/C27H32N2O6/c1-6-35-26(33)25(32)29-12-10-27(11-13-29,23(30)20-15-17(2)14-18(3)16-20)28-24(31)21-8-7-9-22(34-5)19(21)4/h7-9,14-16H,6,10-13H2,1-5H3,(H,28,31). The Morgan fingerprint density at radius 1 is 1.00 bits per heavy atom. The van der Waals surface area contributed by atoms with E-state index in [0.29, 0.717) is 22.4 Å². The molecule has 3 rings (SSSR count). The van der Waals surface area contributed by atoms with Gasteiger partial charge in [-0.2, -0.15) is 0 Å². The molecule has 186 valence electrons. The van der Waals surface area contributed by atoms with Crippen molar-refractivity contribution >= 4 is 23.6 Å². The first-order chi connectivity index (χ1) is 16.6. The number of likely N-dealkylation sites (tertiary alicyclic amines) is 1. The second kappa shape index (κ2) is 10.7. The van der Waals surface area contributed by atoms with Crippen molar-refractivity contribution in [3.05, 3.63) is 64.2 Å². The van der Waals surface area contributed by atoms with Gasteiger partial charge in [0.2, 0.25) is 0 Å². The van der Waals surface area contributed by atoms with Crippen LogP contribution in [0.3, 0.4) is 0 Å². The third-order valence-corrected chi connectivity index (χ3v) is 6.37. The van der Waals surface area contributed by atoms with Crippen LogP contribution in [0, 0.1) is 20.8 Å². The summed E-state index contributed by atoms with van der Waals surface area (Å²) >= 11 is 0. The van der Waals surface area contributed by atoms with Gasteiger partial charge in [-0.15, -0.1) is 0 Å². The second-order valence-electron chi connectivity index (χ2n) is 8.89. The van der Waals surface area contributed by atoms with Gasteiger partial charge in [-0.1, -0.05) is 23.3 Å². The summed E-state index contributed by atoms with van der Waals surface area (Å²) < 4.78 is 10.2. The highest BCUT2D eigenvalue weighted by atomic mass is 16.5. The number of hydrogen-bond donors (Lipinski definition) is 1. The number of amides is 2. The Morgan fingerprint density at radius 3 is 2.20 bits per heavy atom. The molecule has 2 amide bonds. The molecular weight excluding hydrogens is 448 g/mol. The van der Waals surface area contributed by atoms with Gasteiger partial charge in [-0.3, -0.25) is 14.4 Å². The lowest BCUT2D eigenvalue weighted by Crippen LogP contribution is -2.61. The van der Waals surface area contributed by atoms with Crippen LogP contribution in [-0.4, -0.2) is 60.8 Å². The summed E-state index contributed by atoms with van der Waals surface area (Å²) in [4.78, 5) is 53.0. The molecule has 0 aliphatic carbocycles. The summed E-state index contributed by atoms with van der Waals surface area (Å²) in [5, 5.41) is 2.99. The topological polar surface area (TPSA) is 102 Å². The van der Waals surface area contributed by atoms with Crippen molar-refractivity contribution < 1.29 is 28.7 Å². The van der Waals surface area contributed by atoms with E-state index in [0.717, 1.165) is 11.1 Å². The van der Waals surface area contributed by atoms with Crippen LogP contribution < -0.4 is 10.1 Å². The van der Waals surface area contributed by atoms with Crippen LogP contribution in [-0.2, 0) is 14.3 Å². The van der Waals surface area contributed by atoms with Gasteiger partial charge in [0.05, 0.1) is 13.7 Å². The molecule has 0 radical (unpaired) electrons. The van der Waals surface area contributed by atoms with Crippen molar-refractivity contribution in [1.29, 1.82) is 0 Å². The molecular formula is C27H32N2O6. The van der Waals surface area contributed by atoms with Crippen LogP contribution in [0.1, 0.15) is 57.2 Å². The van der Waals surface area contributed by atoms with Gasteiger partial charge in [0, 0.05) is 29.8 Å². The maximum absolute atomic E-state index is 13.9. The maximum atomic E-state index is 13.9. The Hall–Kier alpha value is -3.68. The van der Waals surface area contributed by atoms with Crippen LogP contribution in [0.4, 0.5) is 0 Å². The molecule has 0 saturated carbocycles. The summed E-state index contributed by atoms with van der Waals surface area (Å²) in [6, 6.07) is 10.7. The Morgan fingerprint density at radius 2 is 1.63 bits per heavy atom. The molecule has 1 heterocycles. The Kier molecular flexibility index (Phi) is 7.94. The molecule has 8 nitrogen and oxygen atoms in total. The molecule has 0 unspecified atom stereocenters. The Bertz CT molecular complexity index is 1130. The Balaban J connectivity index is 1.94. The number of carbonyl (C=O) groups is 4. The second-order valence-corrected chi connectivity index (χ2v) is 8.89. The average Bonchev–Trinajstić information content (AvgIpc) is 2.83. The van der Waals surface area contributed by atoms with Gasteiger partial charge >= 0.3 is 11.9 Å². The van der Waals surface area contributed by atoms with Gasteiger partial charge in [0.15, 0.2) is 5.78 Å². The molecule has 2 aromatic rings. The first-order valence-electron chi connectivity index (χ1n) is 11.7. The number of nitrogens with one attached hydrogen (secondary N) is 1. The van der Waals surface area contributed by atoms with E-state index >= 15 is 0 Å². The minimum Gasteiger partial charge on any atom is -0.496 e. The molecule has 8 heteroatoms. The number of esters is 1. The zero-order valence-electron chi connectivity index (χ0n) is 20.9. The maximum Gasteiger partial charge on any atom is 0.397 e. The number of ether oxygens (including phenoxy) is 2.